The molecule has 1 rings (SSSR count). The van der Waals surface area contributed by atoms with Crippen molar-refractivity contribution in [3.05, 3.63) is 24.0 Å². The Labute approximate surface area is 71.9 Å². The van der Waals surface area contributed by atoms with Gasteiger partial charge in [-0.1, -0.05) is 0 Å². The van der Waals surface area contributed by atoms with Gasteiger partial charge in [0.1, 0.15) is 0 Å². The summed E-state index contributed by atoms with van der Waals surface area (Å²) in [5, 5.41) is 16.1. The van der Waals surface area contributed by atoms with Crippen LogP contribution in [0.5, 0.6) is 0 Å². The number of hydrogen-bond acceptors (Lipinski definition) is 4. The van der Waals surface area contributed by atoms with Crippen molar-refractivity contribution in [3.63, 3.8) is 0 Å². The van der Waals surface area contributed by atoms with Crippen molar-refractivity contribution in [2.75, 3.05) is 20.2 Å². The zero-order valence-electron chi connectivity index (χ0n) is 7.14. The fraction of sp³-hybridized carbons (Fsp3) is 0.500. The number of aliphatic hydroxyl groups is 1. The lowest BCUT2D eigenvalue weighted by atomic mass is 10.3. The van der Waals surface area contributed by atoms with Gasteiger partial charge in [0.25, 0.3) is 0 Å². The van der Waals surface area contributed by atoms with E-state index in [1.165, 1.54) is 0 Å². The van der Waals surface area contributed by atoms with Gasteiger partial charge in [-0.05, 0) is 18.7 Å². The van der Waals surface area contributed by atoms with Gasteiger partial charge in [0, 0.05) is 19.3 Å². The van der Waals surface area contributed by atoms with Crippen LogP contribution in [0.4, 0.5) is 0 Å². The van der Waals surface area contributed by atoms with Gasteiger partial charge in [-0.25, -0.2) is 0 Å². The van der Waals surface area contributed by atoms with E-state index in [0.717, 1.165) is 12.1 Å². The van der Waals surface area contributed by atoms with E-state index in [1.54, 1.807) is 12.4 Å². The van der Waals surface area contributed by atoms with Gasteiger partial charge in [0.2, 0.25) is 0 Å². The Morgan fingerprint density at radius 1 is 1.50 bits per heavy atom. The van der Waals surface area contributed by atoms with E-state index in [0.29, 0.717) is 6.54 Å². The molecule has 0 aliphatic carbocycles. The standard InChI is InChI=1S/C8H13N3O/c1-11(4-5-12)7-8-2-3-9-10-6-8/h2-3,6,12H,4-5,7H2,1H3. The van der Waals surface area contributed by atoms with Gasteiger partial charge in [-0.15, -0.1) is 0 Å². The average Bonchev–Trinajstić information content (AvgIpc) is 2.06. The molecule has 4 nitrogen and oxygen atoms in total. The zero-order chi connectivity index (χ0) is 8.81. The van der Waals surface area contributed by atoms with Crippen LogP contribution in [0.1, 0.15) is 5.56 Å². The highest BCUT2D eigenvalue weighted by Crippen LogP contribution is 1.98. The van der Waals surface area contributed by atoms with Crippen LogP contribution >= 0.6 is 0 Å². The van der Waals surface area contributed by atoms with Crippen molar-refractivity contribution in [3.8, 4) is 0 Å². The molecule has 0 aromatic carbocycles. The minimum absolute atomic E-state index is 0.189. The quantitative estimate of drug-likeness (QED) is 0.680. The van der Waals surface area contributed by atoms with Gasteiger partial charge < -0.3 is 5.11 Å². The summed E-state index contributed by atoms with van der Waals surface area (Å²) in [6, 6.07) is 1.92. The first-order valence-corrected chi connectivity index (χ1v) is 3.88. The smallest absolute Gasteiger partial charge is 0.0558 e. The van der Waals surface area contributed by atoms with Crippen molar-refractivity contribution in [1.82, 2.24) is 15.1 Å². The molecule has 0 amide bonds. The zero-order valence-corrected chi connectivity index (χ0v) is 7.14. The van der Waals surface area contributed by atoms with Crippen LogP contribution in [0.25, 0.3) is 0 Å². The number of hydrogen-bond donors (Lipinski definition) is 1. The lowest BCUT2D eigenvalue weighted by Crippen LogP contribution is -2.21. The molecule has 1 heterocycles. The molecule has 66 valence electrons. The van der Waals surface area contributed by atoms with Crippen molar-refractivity contribution in [2.24, 2.45) is 0 Å². The third-order valence-corrected chi connectivity index (χ3v) is 1.58. The van der Waals surface area contributed by atoms with Gasteiger partial charge in [0.05, 0.1) is 12.8 Å². The molecule has 4 heteroatoms. The van der Waals surface area contributed by atoms with Crippen LogP contribution in [0, 0.1) is 0 Å². The maximum Gasteiger partial charge on any atom is 0.0558 e. The minimum atomic E-state index is 0.189. The van der Waals surface area contributed by atoms with Crippen molar-refractivity contribution in [1.29, 1.82) is 0 Å². The van der Waals surface area contributed by atoms with Crippen LogP contribution < -0.4 is 0 Å². The molecule has 0 aliphatic rings. The Hall–Kier alpha value is -1.00. The Morgan fingerprint density at radius 2 is 2.33 bits per heavy atom. The van der Waals surface area contributed by atoms with Gasteiger partial charge >= 0.3 is 0 Å². The third-order valence-electron chi connectivity index (χ3n) is 1.58. The summed E-state index contributed by atoms with van der Waals surface area (Å²) >= 11 is 0. The number of likely N-dealkylation sites (N-methyl/N-ethyl adjacent to an activating group) is 1. The predicted molar refractivity (Wildman–Crippen MR) is 45.5 cm³/mol. The molecule has 0 aliphatic heterocycles. The SMILES string of the molecule is CN(CCO)Cc1ccnnc1. The maximum absolute atomic E-state index is 8.65. The fourth-order valence-corrected chi connectivity index (χ4v) is 0.973. The topological polar surface area (TPSA) is 49.2 Å². The molecular weight excluding hydrogens is 154 g/mol. The third kappa shape index (κ3) is 2.94. The first-order valence-electron chi connectivity index (χ1n) is 3.88. The largest absolute Gasteiger partial charge is 0.395 e. The molecule has 1 aromatic rings. The molecular formula is C8H13N3O. The van der Waals surface area contributed by atoms with Gasteiger partial charge in [-0.2, -0.15) is 10.2 Å². The second kappa shape index (κ2) is 4.79. The molecule has 0 atom stereocenters. The van der Waals surface area contributed by atoms with Crippen LogP contribution in [0.15, 0.2) is 18.5 Å². The van der Waals surface area contributed by atoms with Crippen LogP contribution in [-0.4, -0.2) is 40.4 Å². The number of rotatable bonds is 4. The van der Waals surface area contributed by atoms with Crippen LogP contribution in [0.3, 0.4) is 0 Å². The highest BCUT2D eigenvalue weighted by atomic mass is 16.3. The summed E-state index contributed by atoms with van der Waals surface area (Å²) in [5.74, 6) is 0. The van der Waals surface area contributed by atoms with E-state index in [-0.39, 0.29) is 6.61 Å². The molecule has 1 aromatic heterocycles. The predicted octanol–water partition coefficient (Wildman–Crippen LogP) is -0.0993. The molecule has 0 saturated carbocycles. The summed E-state index contributed by atoms with van der Waals surface area (Å²) in [4.78, 5) is 2.02. The minimum Gasteiger partial charge on any atom is -0.395 e. The normalized spacial score (nSPS) is 10.6. The van der Waals surface area contributed by atoms with E-state index < -0.39 is 0 Å². The van der Waals surface area contributed by atoms with Gasteiger partial charge in [0.15, 0.2) is 0 Å². The summed E-state index contributed by atoms with van der Waals surface area (Å²) in [7, 11) is 1.96. The number of aliphatic hydroxyl groups excluding tert-OH is 1. The highest BCUT2D eigenvalue weighted by Gasteiger charge is 1.98. The van der Waals surface area contributed by atoms with E-state index >= 15 is 0 Å². The number of aromatic nitrogens is 2. The maximum atomic E-state index is 8.65. The van der Waals surface area contributed by atoms with E-state index in [9.17, 15) is 0 Å². The van der Waals surface area contributed by atoms with E-state index in [4.69, 9.17) is 5.11 Å². The second-order valence-electron chi connectivity index (χ2n) is 2.71. The molecule has 0 spiro atoms. The fourth-order valence-electron chi connectivity index (χ4n) is 0.973. The molecule has 0 unspecified atom stereocenters. The second-order valence-corrected chi connectivity index (χ2v) is 2.71. The molecule has 1 N–H and O–H groups in total. The van der Waals surface area contributed by atoms with E-state index in [1.807, 2.05) is 18.0 Å². The van der Waals surface area contributed by atoms with Crippen LogP contribution in [-0.2, 0) is 6.54 Å². The number of nitrogens with zero attached hydrogens (tertiary/aromatic N) is 3. The summed E-state index contributed by atoms with van der Waals surface area (Å²) in [6.45, 7) is 1.67. The van der Waals surface area contributed by atoms with Crippen LogP contribution in [0.2, 0.25) is 0 Å². The van der Waals surface area contributed by atoms with Crippen molar-refractivity contribution < 1.29 is 5.11 Å². The monoisotopic (exact) mass is 167 g/mol. The van der Waals surface area contributed by atoms with Crippen molar-refractivity contribution >= 4 is 0 Å². The molecule has 0 radical (unpaired) electrons. The molecule has 0 bridgehead atoms. The molecule has 12 heavy (non-hydrogen) atoms. The van der Waals surface area contributed by atoms with E-state index in [2.05, 4.69) is 10.2 Å². The first-order chi connectivity index (χ1) is 5.83. The average molecular weight is 167 g/mol. The Kier molecular flexibility index (Phi) is 3.63. The molecule has 0 fully saturated rings. The summed E-state index contributed by atoms with van der Waals surface area (Å²) in [6.07, 6.45) is 3.40. The Balaban J connectivity index is 2.41. The lowest BCUT2D eigenvalue weighted by Gasteiger charge is -2.13. The summed E-state index contributed by atoms with van der Waals surface area (Å²) in [5.41, 5.74) is 1.11. The Bertz CT molecular complexity index is 215. The first kappa shape index (κ1) is 9.09. The highest BCUT2D eigenvalue weighted by molar-refractivity contribution is 5.04. The lowest BCUT2D eigenvalue weighted by molar-refractivity contribution is 0.217. The van der Waals surface area contributed by atoms with Gasteiger partial charge in [-0.3, -0.25) is 4.90 Å². The Morgan fingerprint density at radius 3 is 2.92 bits per heavy atom. The molecule has 0 saturated heterocycles. The summed E-state index contributed by atoms with van der Waals surface area (Å²) < 4.78 is 0. The van der Waals surface area contributed by atoms with Crippen molar-refractivity contribution in [2.45, 2.75) is 6.54 Å².